The average Bonchev–Trinajstić information content (AvgIpc) is 2.71. The predicted molar refractivity (Wildman–Crippen MR) is 118 cm³/mol. The van der Waals surface area contributed by atoms with E-state index in [2.05, 4.69) is 10.6 Å². The molecule has 0 radical (unpaired) electrons. The molecular formula is C24H30N4O2. The van der Waals surface area contributed by atoms with Crippen LogP contribution in [0.5, 0.6) is 0 Å². The first-order valence-corrected chi connectivity index (χ1v) is 10.3. The van der Waals surface area contributed by atoms with Gasteiger partial charge < -0.3 is 10.6 Å². The smallest absolute Gasteiger partial charge is 0.251 e. The molecule has 1 aliphatic heterocycles. The van der Waals surface area contributed by atoms with Crippen LogP contribution in [-0.4, -0.2) is 28.2 Å². The molecule has 0 spiro atoms. The first-order valence-electron chi connectivity index (χ1n) is 10.3. The van der Waals surface area contributed by atoms with Crippen molar-refractivity contribution >= 4 is 17.8 Å². The Kier molecular flexibility index (Phi) is 6.25. The zero-order valence-corrected chi connectivity index (χ0v) is 18.0. The van der Waals surface area contributed by atoms with Gasteiger partial charge in [-0.05, 0) is 43.0 Å². The maximum Gasteiger partial charge on any atom is 0.251 e. The third-order valence-corrected chi connectivity index (χ3v) is 5.94. The summed E-state index contributed by atoms with van der Waals surface area (Å²) >= 11 is 0. The summed E-state index contributed by atoms with van der Waals surface area (Å²) in [6, 6.07) is 16.9. The Bertz CT molecular complexity index is 921. The van der Waals surface area contributed by atoms with E-state index in [9.17, 15) is 9.59 Å². The molecule has 0 unspecified atom stereocenters. The first-order chi connectivity index (χ1) is 14.2. The van der Waals surface area contributed by atoms with Crippen molar-refractivity contribution in [1.82, 2.24) is 15.5 Å². The lowest BCUT2D eigenvalue weighted by atomic mass is 9.83. The Labute approximate surface area is 178 Å². The van der Waals surface area contributed by atoms with Crippen LogP contribution in [0.25, 0.3) is 0 Å². The minimum absolute atomic E-state index is 0.0810. The molecule has 1 saturated heterocycles. The van der Waals surface area contributed by atoms with E-state index >= 15 is 0 Å². The fourth-order valence-corrected chi connectivity index (χ4v) is 3.53. The minimum atomic E-state index is -0.417. The van der Waals surface area contributed by atoms with E-state index in [4.69, 9.17) is 5.41 Å². The molecule has 2 amide bonds. The van der Waals surface area contributed by atoms with Crippen molar-refractivity contribution in [2.75, 3.05) is 0 Å². The summed E-state index contributed by atoms with van der Waals surface area (Å²) < 4.78 is 0. The van der Waals surface area contributed by atoms with Crippen LogP contribution in [0.2, 0.25) is 0 Å². The van der Waals surface area contributed by atoms with Gasteiger partial charge in [-0.25, -0.2) is 0 Å². The SMILES string of the molecule is CC(C)[C@]1(C)CC(=O)N(Cc2cccc(C(=O)N[C@@H](C)c3ccccc3)c2)C(=N)N1. The van der Waals surface area contributed by atoms with Crippen molar-refractivity contribution in [3.05, 3.63) is 71.3 Å². The van der Waals surface area contributed by atoms with Gasteiger partial charge >= 0.3 is 0 Å². The molecular weight excluding hydrogens is 376 g/mol. The van der Waals surface area contributed by atoms with E-state index in [1.807, 2.05) is 64.1 Å². The third kappa shape index (κ3) is 4.70. The number of benzene rings is 2. The first kappa shape index (κ1) is 21.6. The van der Waals surface area contributed by atoms with Crippen LogP contribution < -0.4 is 10.6 Å². The lowest BCUT2D eigenvalue weighted by Gasteiger charge is -2.43. The summed E-state index contributed by atoms with van der Waals surface area (Å²) in [7, 11) is 0. The maximum atomic E-state index is 12.7. The predicted octanol–water partition coefficient (Wildman–Crippen LogP) is 3.85. The van der Waals surface area contributed by atoms with Crippen molar-refractivity contribution in [2.45, 2.75) is 52.2 Å². The fraction of sp³-hybridized carbons (Fsp3) is 0.375. The minimum Gasteiger partial charge on any atom is -0.350 e. The van der Waals surface area contributed by atoms with Crippen molar-refractivity contribution < 1.29 is 9.59 Å². The standard InChI is InChI=1S/C24H30N4O2/c1-16(2)24(4)14-21(29)28(23(25)27-24)15-18-9-8-12-20(13-18)22(30)26-17(3)19-10-6-5-7-11-19/h5-13,16-17H,14-15H2,1-4H3,(H2,25,27)(H,26,30)/t17-,24-/m0/s1. The number of nitrogens with one attached hydrogen (secondary N) is 3. The van der Waals surface area contributed by atoms with Gasteiger partial charge in [0.15, 0.2) is 5.96 Å². The largest absolute Gasteiger partial charge is 0.350 e. The highest BCUT2D eigenvalue weighted by Crippen LogP contribution is 2.26. The van der Waals surface area contributed by atoms with E-state index in [-0.39, 0.29) is 36.3 Å². The monoisotopic (exact) mass is 406 g/mol. The summed E-state index contributed by atoms with van der Waals surface area (Å²) in [5, 5.41) is 14.5. The van der Waals surface area contributed by atoms with Crippen molar-refractivity contribution in [2.24, 2.45) is 5.92 Å². The summed E-state index contributed by atoms with van der Waals surface area (Å²) in [5.74, 6) is 0.0823. The molecule has 2 aromatic carbocycles. The Morgan fingerprint density at radius 1 is 1.17 bits per heavy atom. The molecule has 6 nitrogen and oxygen atoms in total. The Morgan fingerprint density at radius 3 is 2.50 bits per heavy atom. The maximum absolute atomic E-state index is 12.7. The lowest BCUT2D eigenvalue weighted by molar-refractivity contribution is -0.131. The quantitative estimate of drug-likeness (QED) is 0.681. The molecule has 2 atom stereocenters. The number of carbonyl (C=O) groups is 2. The van der Waals surface area contributed by atoms with Gasteiger partial charge in [0, 0.05) is 11.1 Å². The summed E-state index contributed by atoms with van der Waals surface area (Å²) in [6.45, 7) is 8.26. The van der Waals surface area contributed by atoms with E-state index in [0.717, 1.165) is 11.1 Å². The number of rotatable bonds is 6. The molecule has 0 bridgehead atoms. The van der Waals surface area contributed by atoms with Crippen LogP contribution in [0.1, 0.15) is 61.6 Å². The highest BCUT2D eigenvalue weighted by Gasteiger charge is 2.40. The van der Waals surface area contributed by atoms with Crippen LogP contribution in [0, 0.1) is 11.3 Å². The number of amides is 2. The van der Waals surface area contributed by atoms with Gasteiger partial charge in [-0.15, -0.1) is 0 Å². The van der Waals surface area contributed by atoms with E-state index in [1.54, 1.807) is 18.2 Å². The Morgan fingerprint density at radius 2 is 1.87 bits per heavy atom. The van der Waals surface area contributed by atoms with Crippen LogP contribution in [0.3, 0.4) is 0 Å². The fourth-order valence-electron chi connectivity index (χ4n) is 3.53. The number of hydrogen-bond donors (Lipinski definition) is 3. The van der Waals surface area contributed by atoms with Crippen LogP contribution in [-0.2, 0) is 11.3 Å². The van der Waals surface area contributed by atoms with Crippen LogP contribution in [0.15, 0.2) is 54.6 Å². The topological polar surface area (TPSA) is 85.3 Å². The summed E-state index contributed by atoms with van der Waals surface area (Å²) in [5.41, 5.74) is 1.96. The van der Waals surface area contributed by atoms with E-state index in [0.29, 0.717) is 12.0 Å². The molecule has 0 saturated carbocycles. The summed E-state index contributed by atoms with van der Waals surface area (Å²) in [4.78, 5) is 26.9. The molecule has 1 heterocycles. The van der Waals surface area contributed by atoms with Crippen LogP contribution in [0.4, 0.5) is 0 Å². The molecule has 0 aromatic heterocycles. The molecule has 1 fully saturated rings. The highest BCUT2D eigenvalue weighted by atomic mass is 16.2. The number of carbonyl (C=O) groups excluding carboxylic acids is 2. The second-order valence-electron chi connectivity index (χ2n) is 8.51. The van der Waals surface area contributed by atoms with Crippen molar-refractivity contribution in [3.63, 3.8) is 0 Å². The molecule has 3 rings (SSSR count). The van der Waals surface area contributed by atoms with E-state index < -0.39 is 5.54 Å². The second kappa shape index (κ2) is 8.69. The van der Waals surface area contributed by atoms with Gasteiger partial charge in [0.25, 0.3) is 5.91 Å². The van der Waals surface area contributed by atoms with Gasteiger partial charge in [-0.1, -0.05) is 56.3 Å². The number of guanidine groups is 1. The zero-order chi connectivity index (χ0) is 21.9. The van der Waals surface area contributed by atoms with Gasteiger partial charge in [-0.2, -0.15) is 0 Å². The molecule has 30 heavy (non-hydrogen) atoms. The molecule has 2 aromatic rings. The Hall–Kier alpha value is -3.15. The van der Waals surface area contributed by atoms with E-state index in [1.165, 1.54) is 4.90 Å². The average molecular weight is 407 g/mol. The summed E-state index contributed by atoms with van der Waals surface area (Å²) in [6.07, 6.45) is 0.335. The molecule has 0 aliphatic carbocycles. The van der Waals surface area contributed by atoms with Gasteiger partial charge in [-0.3, -0.25) is 19.9 Å². The second-order valence-corrected chi connectivity index (χ2v) is 8.51. The Balaban J connectivity index is 1.69. The van der Waals surface area contributed by atoms with Gasteiger partial charge in [0.2, 0.25) is 5.91 Å². The zero-order valence-electron chi connectivity index (χ0n) is 18.0. The molecule has 3 N–H and O–H groups in total. The third-order valence-electron chi connectivity index (χ3n) is 5.94. The number of nitrogens with zero attached hydrogens (tertiary/aromatic N) is 1. The molecule has 1 aliphatic rings. The van der Waals surface area contributed by atoms with Crippen LogP contribution >= 0.6 is 0 Å². The lowest BCUT2D eigenvalue weighted by Crippen LogP contribution is -2.62. The normalized spacial score (nSPS) is 20.1. The highest BCUT2D eigenvalue weighted by molar-refractivity contribution is 5.99. The molecule has 6 heteroatoms. The molecule has 158 valence electrons. The number of hydrogen-bond acceptors (Lipinski definition) is 3. The van der Waals surface area contributed by atoms with Gasteiger partial charge in [0.1, 0.15) is 0 Å². The van der Waals surface area contributed by atoms with Crippen molar-refractivity contribution in [3.8, 4) is 0 Å². The van der Waals surface area contributed by atoms with Gasteiger partial charge in [0.05, 0.1) is 19.0 Å². The van der Waals surface area contributed by atoms with Crippen molar-refractivity contribution in [1.29, 1.82) is 5.41 Å².